The maximum atomic E-state index is 13.9. The number of carbonyl (C=O) groups is 1. The number of hydrogen-bond donors (Lipinski definition) is 1. The van der Waals surface area contributed by atoms with Crippen LogP contribution in [0.3, 0.4) is 0 Å². The molecule has 3 aromatic rings. The van der Waals surface area contributed by atoms with Crippen LogP contribution in [0.5, 0.6) is 0 Å². The van der Waals surface area contributed by atoms with Crippen molar-refractivity contribution < 1.29 is 34.8 Å². The van der Waals surface area contributed by atoms with Crippen LogP contribution in [0.25, 0.3) is 11.1 Å². The Labute approximate surface area is 207 Å². The minimum Gasteiger partial charge on any atom is -0.326 e. The Morgan fingerprint density at radius 3 is 2.00 bits per heavy atom. The number of anilines is 1. The first-order chi connectivity index (χ1) is 16.7. The van der Waals surface area contributed by atoms with Crippen LogP contribution in [0.4, 0.5) is 18.9 Å². The van der Waals surface area contributed by atoms with E-state index >= 15 is 0 Å². The molecule has 0 heterocycles. The van der Waals surface area contributed by atoms with E-state index < -0.39 is 42.6 Å². The lowest BCUT2D eigenvalue weighted by Gasteiger charge is -2.16. The van der Waals surface area contributed by atoms with Crippen molar-refractivity contribution >= 4 is 31.3 Å². The van der Waals surface area contributed by atoms with Crippen molar-refractivity contribution in [2.24, 2.45) is 0 Å². The Hall–Kier alpha value is -3.18. The van der Waals surface area contributed by atoms with Crippen LogP contribution in [-0.2, 0) is 37.1 Å². The second kappa shape index (κ2) is 9.36. The first-order valence-corrected chi connectivity index (χ1v) is 14.3. The summed E-state index contributed by atoms with van der Waals surface area (Å²) in [5, 5.41) is 2.02. The maximum Gasteiger partial charge on any atom is 0.417 e. The first kappa shape index (κ1) is 25.9. The van der Waals surface area contributed by atoms with E-state index in [1.807, 2.05) is 0 Å². The minimum absolute atomic E-state index is 0.0586. The standard InChI is InChI=1S/C25H22F3NO5S2/c1-35(31,32)19-7-2-16(3-8-19)14-24(30)29-18-6-13-22(23(15-18)25(26,27)28)17-4-9-20(10-5-17)36(33,34)21-11-12-21/h2-10,13,15,21H,11-12,14H2,1H3,(H,29,30). The fourth-order valence-electron chi connectivity index (χ4n) is 3.75. The molecule has 0 saturated heterocycles. The number of amides is 1. The van der Waals surface area contributed by atoms with E-state index in [1.54, 1.807) is 0 Å². The largest absolute Gasteiger partial charge is 0.417 e. The highest BCUT2D eigenvalue weighted by atomic mass is 32.2. The Morgan fingerprint density at radius 1 is 0.889 bits per heavy atom. The van der Waals surface area contributed by atoms with Crippen molar-refractivity contribution in [2.75, 3.05) is 11.6 Å². The minimum atomic E-state index is -4.73. The van der Waals surface area contributed by atoms with E-state index in [0.29, 0.717) is 18.4 Å². The van der Waals surface area contributed by atoms with Gasteiger partial charge in [0.05, 0.1) is 27.0 Å². The van der Waals surface area contributed by atoms with Gasteiger partial charge in [-0.2, -0.15) is 13.2 Å². The monoisotopic (exact) mass is 537 g/mol. The van der Waals surface area contributed by atoms with E-state index in [2.05, 4.69) is 5.32 Å². The zero-order valence-electron chi connectivity index (χ0n) is 19.0. The summed E-state index contributed by atoms with van der Waals surface area (Å²) in [7, 11) is -6.85. The van der Waals surface area contributed by atoms with Gasteiger partial charge in [0.1, 0.15) is 0 Å². The molecule has 1 aliphatic carbocycles. The van der Waals surface area contributed by atoms with Gasteiger partial charge in [0.15, 0.2) is 19.7 Å². The van der Waals surface area contributed by atoms with Crippen LogP contribution in [0.1, 0.15) is 24.0 Å². The van der Waals surface area contributed by atoms with Gasteiger partial charge in [-0.15, -0.1) is 0 Å². The molecule has 0 atom stereocenters. The van der Waals surface area contributed by atoms with Gasteiger partial charge in [-0.25, -0.2) is 16.8 Å². The summed E-state index contributed by atoms with van der Waals surface area (Å²) < 4.78 is 89.4. The van der Waals surface area contributed by atoms with Crippen LogP contribution in [0.15, 0.2) is 76.5 Å². The molecule has 1 fully saturated rings. The van der Waals surface area contributed by atoms with Crippen LogP contribution >= 0.6 is 0 Å². The third-order valence-corrected chi connectivity index (χ3v) is 9.19. The number of carbonyl (C=O) groups excluding carboxylic acids is 1. The van der Waals surface area contributed by atoms with Crippen molar-refractivity contribution in [3.8, 4) is 11.1 Å². The summed E-state index contributed by atoms with van der Waals surface area (Å²) in [4.78, 5) is 12.6. The lowest BCUT2D eigenvalue weighted by Crippen LogP contribution is -2.16. The van der Waals surface area contributed by atoms with Crippen LogP contribution in [0, 0.1) is 0 Å². The Balaban J connectivity index is 1.54. The topological polar surface area (TPSA) is 97.4 Å². The number of alkyl halides is 3. The molecular weight excluding hydrogens is 515 g/mol. The summed E-state index contributed by atoms with van der Waals surface area (Å²) in [6.45, 7) is 0. The zero-order valence-corrected chi connectivity index (χ0v) is 20.7. The molecule has 1 N–H and O–H groups in total. The van der Waals surface area contributed by atoms with Crippen molar-refractivity contribution in [2.45, 2.75) is 40.5 Å². The van der Waals surface area contributed by atoms with Crippen molar-refractivity contribution in [3.05, 3.63) is 77.9 Å². The predicted molar refractivity (Wildman–Crippen MR) is 129 cm³/mol. The molecule has 3 aromatic carbocycles. The lowest BCUT2D eigenvalue weighted by molar-refractivity contribution is -0.137. The van der Waals surface area contributed by atoms with Crippen molar-refractivity contribution in [1.29, 1.82) is 0 Å². The smallest absolute Gasteiger partial charge is 0.326 e. The van der Waals surface area contributed by atoms with Gasteiger partial charge in [-0.05, 0) is 65.9 Å². The van der Waals surface area contributed by atoms with E-state index in [4.69, 9.17) is 0 Å². The van der Waals surface area contributed by atoms with Crippen LogP contribution in [0.2, 0.25) is 0 Å². The molecule has 0 aromatic heterocycles. The molecule has 1 amide bonds. The number of benzene rings is 3. The summed E-state index contributed by atoms with van der Waals surface area (Å²) >= 11 is 0. The lowest BCUT2D eigenvalue weighted by atomic mass is 9.98. The number of sulfone groups is 2. The Kier molecular flexibility index (Phi) is 6.74. The molecule has 6 nitrogen and oxygen atoms in total. The van der Waals surface area contributed by atoms with Gasteiger partial charge >= 0.3 is 6.18 Å². The molecule has 36 heavy (non-hydrogen) atoms. The SMILES string of the molecule is CS(=O)(=O)c1ccc(CC(=O)Nc2ccc(-c3ccc(S(=O)(=O)C4CC4)cc3)c(C(F)(F)F)c2)cc1. The summed E-state index contributed by atoms with van der Waals surface area (Å²) in [6.07, 6.45) is -2.66. The van der Waals surface area contributed by atoms with Gasteiger partial charge in [-0.1, -0.05) is 30.3 Å². The van der Waals surface area contributed by atoms with Crippen molar-refractivity contribution in [1.82, 2.24) is 0 Å². The van der Waals surface area contributed by atoms with Gasteiger partial charge in [0.25, 0.3) is 0 Å². The predicted octanol–water partition coefficient (Wildman–Crippen LogP) is 4.89. The van der Waals surface area contributed by atoms with Gasteiger partial charge in [-0.3, -0.25) is 4.79 Å². The average molecular weight is 538 g/mol. The zero-order chi connectivity index (χ0) is 26.3. The Morgan fingerprint density at radius 2 is 1.47 bits per heavy atom. The normalized spacial score (nSPS) is 14.4. The number of nitrogens with one attached hydrogen (secondary N) is 1. The molecule has 0 unspecified atom stereocenters. The quantitative estimate of drug-likeness (QED) is 0.463. The fourth-order valence-corrected chi connectivity index (χ4v) is 6.04. The molecule has 11 heteroatoms. The highest BCUT2D eigenvalue weighted by Crippen LogP contribution is 2.40. The maximum absolute atomic E-state index is 13.9. The first-order valence-electron chi connectivity index (χ1n) is 10.9. The molecule has 1 saturated carbocycles. The Bertz CT molecular complexity index is 1510. The number of halogens is 3. The average Bonchev–Trinajstić information content (AvgIpc) is 3.64. The second-order valence-corrected chi connectivity index (χ2v) is 12.9. The molecule has 0 bridgehead atoms. The number of hydrogen-bond acceptors (Lipinski definition) is 5. The summed E-state index contributed by atoms with van der Waals surface area (Å²) in [5.74, 6) is -0.572. The van der Waals surface area contributed by atoms with Gasteiger partial charge < -0.3 is 5.32 Å². The molecule has 190 valence electrons. The highest BCUT2D eigenvalue weighted by Gasteiger charge is 2.37. The van der Waals surface area contributed by atoms with E-state index in [9.17, 15) is 34.8 Å². The number of rotatable bonds is 7. The molecule has 0 spiro atoms. The molecule has 4 rings (SSSR count). The van der Waals surface area contributed by atoms with E-state index in [-0.39, 0.29) is 33.0 Å². The van der Waals surface area contributed by atoms with Crippen LogP contribution in [-0.4, -0.2) is 34.2 Å². The molecule has 1 aliphatic rings. The summed E-state index contributed by atoms with van der Waals surface area (Å²) in [6, 6.07) is 14.4. The molecule has 0 radical (unpaired) electrons. The van der Waals surface area contributed by atoms with Crippen molar-refractivity contribution in [3.63, 3.8) is 0 Å². The van der Waals surface area contributed by atoms with Gasteiger partial charge in [0, 0.05) is 11.9 Å². The molecule has 0 aliphatic heterocycles. The molecular formula is C25H22F3NO5S2. The fraction of sp³-hybridized carbons (Fsp3) is 0.240. The van der Waals surface area contributed by atoms with Crippen LogP contribution < -0.4 is 5.32 Å². The third-order valence-electron chi connectivity index (χ3n) is 5.78. The third kappa shape index (κ3) is 5.79. The van der Waals surface area contributed by atoms with E-state index in [1.165, 1.54) is 60.7 Å². The summed E-state index contributed by atoms with van der Waals surface area (Å²) in [5.41, 5.74) is -0.491. The van der Waals surface area contributed by atoms with E-state index in [0.717, 1.165) is 12.3 Å². The highest BCUT2D eigenvalue weighted by molar-refractivity contribution is 7.92. The second-order valence-electron chi connectivity index (χ2n) is 8.67. The van der Waals surface area contributed by atoms with Gasteiger partial charge in [0.2, 0.25) is 5.91 Å².